The van der Waals surface area contributed by atoms with Crippen molar-refractivity contribution < 1.29 is 23.5 Å². The number of rotatable bonds is 8. The van der Waals surface area contributed by atoms with Crippen molar-refractivity contribution in [2.24, 2.45) is 0 Å². The highest BCUT2D eigenvalue weighted by molar-refractivity contribution is 5.97. The number of carbonyl (C=O) groups is 3. The van der Waals surface area contributed by atoms with Gasteiger partial charge in [-0.2, -0.15) is 0 Å². The van der Waals surface area contributed by atoms with Gasteiger partial charge in [-0.1, -0.05) is 38.1 Å². The highest BCUT2D eigenvalue weighted by Crippen LogP contribution is 2.26. The Morgan fingerprint density at radius 3 is 2.48 bits per heavy atom. The molecule has 2 amide bonds. The van der Waals surface area contributed by atoms with Gasteiger partial charge in [0.15, 0.2) is 6.10 Å². The highest BCUT2D eigenvalue weighted by Gasteiger charge is 2.20. The van der Waals surface area contributed by atoms with E-state index in [1.54, 1.807) is 6.07 Å². The van der Waals surface area contributed by atoms with Crippen molar-refractivity contribution in [3.63, 3.8) is 0 Å². The average Bonchev–Trinajstić information content (AvgIpc) is 2.71. The molecule has 0 unspecified atom stereocenters. The fraction of sp³-hybridized carbons (Fsp3) is 0.318. The molecule has 0 radical (unpaired) electrons. The van der Waals surface area contributed by atoms with Gasteiger partial charge >= 0.3 is 5.97 Å². The van der Waals surface area contributed by atoms with Crippen LogP contribution in [0.1, 0.15) is 49.0 Å². The Bertz CT molecular complexity index is 885. The molecule has 0 heterocycles. The molecule has 29 heavy (non-hydrogen) atoms. The van der Waals surface area contributed by atoms with Gasteiger partial charge in [-0.3, -0.25) is 14.4 Å². The van der Waals surface area contributed by atoms with Crippen LogP contribution in [0, 0.1) is 5.82 Å². The van der Waals surface area contributed by atoms with Crippen LogP contribution in [0.2, 0.25) is 0 Å². The summed E-state index contributed by atoms with van der Waals surface area (Å²) in [6, 6.07) is 12.6. The minimum atomic E-state index is -1.04. The number of ether oxygens (including phenoxy) is 1. The molecule has 0 saturated heterocycles. The van der Waals surface area contributed by atoms with Crippen molar-refractivity contribution in [1.82, 2.24) is 5.32 Å². The van der Waals surface area contributed by atoms with Crippen molar-refractivity contribution in [2.45, 2.75) is 39.2 Å². The molecule has 0 saturated carbocycles. The third-order valence-electron chi connectivity index (χ3n) is 4.52. The summed E-state index contributed by atoms with van der Waals surface area (Å²) in [5, 5.41) is 5.12. The Balaban J connectivity index is 1.88. The number of halogens is 1. The zero-order valence-corrected chi connectivity index (χ0v) is 16.7. The second-order valence-electron chi connectivity index (χ2n) is 6.71. The number of esters is 1. The summed E-state index contributed by atoms with van der Waals surface area (Å²) >= 11 is 0. The number of benzene rings is 2. The number of amides is 2. The topological polar surface area (TPSA) is 84.5 Å². The van der Waals surface area contributed by atoms with E-state index in [0.29, 0.717) is 5.69 Å². The lowest BCUT2D eigenvalue weighted by molar-refractivity contribution is -0.152. The molecule has 0 aliphatic carbocycles. The Hall–Kier alpha value is -3.22. The summed E-state index contributed by atoms with van der Waals surface area (Å²) in [5.74, 6) is -2.13. The predicted octanol–water partition coefficient (Wildman–Crippen LogP) is 3.64. The molecule has 2 aromatic carbocycles. The van der Waals surface area contributed by atoms with Crippen LogP contribution in [0.4, 0.5) is 10.1 Å². The minimum absolute atomic E-state index is 0.0882. The first kappa shape index (κ1) is 22.1. The summed E-state index contributed by atoms with van der Waals surface area (Å²) < 4.78 is 18.2. The van der Waals surface area contributed by atoms with E-state index in [2.05, 4.69) is 24.5 Å². The van der Waals surface area contributed by atoms with Crippen LogP contribution in [-0.2, 0) is 14.3 Å². The van der Waals surface area contributed by atoms with Gasteiger partial charge in [0.05, 0.1) is 0 Å². The van der Waals surface area contributed by atoms with Crippen LogP contribution in [-0.4, -0.2) is 30.4 Å². The Labute approximate surface area is 169 Å². The molecule has 0 aliphatic heterocycles. The van der Waals surface area contributed by atoms with Crippen LogP contribution in [0.25, 0.3) is 0 Å². The summed E-state index contributed by atoms with van der Waals surface area (Å²) in [7, 11) is 0. The number of hydrogen-bond donors (Lipinski definition) is 2. The fourth-order valence-corrected chi connectivity index (χ4v) is 2.67. The lowest BCUT2D eigenvalue weighted by Gasteiger charge is -2.18. The lowest BCUT2D eigenvalue weighted by Crippen LogP contribution is -2.36. The lowest BCUT2D eigenvalue weighted by atomic mass is 9.97. The molecule has 2 atom stereocenters. The molecule has 6 nitrogen and oxygen atoms in total. The number of carbonyl (C=O) groups excluding carboxylic acids is 3. The SMILES string of the molecule is CC[C@H](C)c1ccccc1NC(=O)[C@@H](C)OC(=O)CNC(=O)c1cccc(F)c1. The Morgan fingerprint density at radius 1 is 1.07 bits per heavy atom. The van der Waals surface area contributed by atoms with Gasteiger partial charge in [-0.15, -0.1) is 0 Å². The van der Waals surface area contributed by atoms with Gasteiger partial charge < -0.3 is 15.4 Å². The van der Waals surface area contributed by atoms with Crippen LogP contribution < -0.4 is 10.6 Å². The van der Waals surface area contributed by atoms with E-state index < -0.39 is 36.2 Å². The highest BCUT2D eigenvalue weighted by atomic mass is 19.1. The van der Waals surface area contributed by atoms with Gasteiger partial charge in [0, 0.05) is 11.3 Å². The first-order valence-corrected chi connectivity index (χ1v) is 9.44. The molecule has 0 bridgehead atoms. The zero-order chi connectivity index (χ0) is 21.4. The Kier molecular flexibility index (Phi) is 7.88. The maximum Gasteiger partial charge on any atom is 0.326 e. The van der Waals surface area contributed by atoms with Gasteiger partial charge in [-0.25, -0.2) is 4.39 Å². The van der Waals surface area contributed by atoms with Crippen LogP contribution in [0.5, 0.6) is 0 Å². The minimum Gasteiger partial charge on any atom is -0.451 e. The second kappa shape index (κ2) is 10.4. The van der Waals surface area contributed by atoms with Gasteiger partial charge in [-0.05, 0) is 49.1 Å². The van der Waals surface area contributed by atoms with Crippen LogP contribution >= 0.6 is 0 Å². The molecule has 2 rings (SSSR count). The molecular weight excluding hydrogens is 375 g/mol. The van der Waals surface area contributed by atoms with Gasteiger partial charge in [0.2, 0.25) is 0 Å². The van der Waals surface area contributed by atoms with Crippen molar-refractivity contribution >= 4 is 23.5 Å². The average molecular weight is 400 g/mol. The number of nitrogens with one attached hydrogen (secondary N) is 2. The maximum absolute atomic E-state index is 13.2. The standard InChI is InChI=1S/C22H25FN2O4/c1-4-14(2)18-10-5-6-11-19(18)25-21(27)15(3)29-20(26)13-24-22(28)16-8-7-9-17(23)12-16/h5-12,14-15H,4,13H2,1-3H3,(H,24,28)(H,25,27)/t14-,15+/m0/s1. The second-order valence-corrected chi connectivity index (χ2v) is 6.71. The van der Waals surface area contributed by atoms with E-state index in [1.807, 2.05) is 18.2 Å². The van der Waals surface area contributed by atoms with Crippen molar-refractivity contribution in [1.29, 1.82) is 0 Å². The van der Waals surface area contributed by atoms with Gasteiger partial charge in [0.1, 0.15) is 12.4 Å². The maximum atomic E-state index is 13.2. The van der Waals surface area contributed by atoms with Gasteiger partial charge in [0.25, 0.3) is 11.8 Å². The normalized spacial score (nSPS) is 12.6. The molecule has 7 heteroatoms. The van der Waals surface area contributed by atoms with Crippen molar-refractivity contribution in [2.75, 3.05) is 11.9 Å². The predicted molar refractivity (Wildman–Crippen MR) is 108 cm³/mol. The first-order valence-electron chi connectivity index (χ1n) is 9.44. The molecule has 0 aromatic heterocycles. The van der Waals surface area contributed by atoms with E-state index in [9.17, 15) is 18.8 Å². The van der Waals surface area contributed by atoms with Crippen molar-refractivity contribution in [3.05, 3.63) is 65.5 Å². The Morgan fingerprint density at radius 2 is 1.79 bits per heavy atom. The third kappa shape index (κ3) is 6.41. The van der Waals surface area contributed by atoms with E-state index in [-0.39, 0.29) is 11.5 Å². The summed E-state index contributed by atoms with van der Waals surface area (Å²) in [4.78, 5) is 36.3. The quantitative estimate of drug-likeness (QED) is 0.663. The molecule has 2 N–H and O–H groups in total. The number of anilines is 1. The summed E-state index contributed by atoms with van der Waals surface area (Å²) in [5.41, 5.74) is 1.77. The summed E-state index contributed by atoms with van der Waals surface area (Å²) in [6.07, 6.45) is -0.124. The monoisotopic (exact) mass is 400 g/mol. The molecule has 2 aromatic rings. The first-order chi connectivity index (χ1) is 13.8. The molecule has 0 aliphatic rings. The largest absolute Gasteiger partial charge is 0.451 e. The molecular formula is C22H25FN2O4. The van der Waals surface area contributed by atoms with Crippen molar-refractivity contribution in [3.8, 4) is 0 Å². The zero-order valence-electron chi connectivity index (χ0n) is 16.7. The van der Waals surface area contributed by atoms with E-state index in [0.717, 1.165) is 18.1 Å². The smallest absolute Gasteiger partial charge is 0.326 e. The number of para-hydroxylation sites is 1. The van der Waals surface area contributed by atoms with Crippen LogP contribution in [0.3, 0.4) is 0 Å². The number of hydrogen-bond acceptors (Lipinski definition) is 4. The summed E-state index contributed by atoms with van der Waals surface area (Å²) in [6.45, 7) is 5.14. The third-order valence-corrected chi connectivity index (χ3v) is 4.52. The van der Waals surface area contributed by atoms with Crippen LogP contribution in [0.15, 0.2) is 48.5 Å². The molecule has 154 valence electrons. The van der Waals surface area contributed by atoms with E-state index in [4.69, 9.17) is 4.74 Å². The molecule has 0 fully saturated rings. The van der Waals surface area contributed by atoms with E-state index in [1.165, 1.54) is 25.1 Å². The molecule has 0 spiro atoms. The van der Waals surface area contributed by atoms with E-state index >= 15 is 0 Å². The fourth-order valence-electron chi connectivity index (χ4n) is 2.67.